The molecule has 0 bridgehead atoms. The molecule has 0 N–H and O–H groups in total. The number of ether oxygens (including phenoxy) is 1. The van der Waals surface area contributed by atoms with Gasteiger partial charge in [-0.15, -0.1) is 24.2 Å². The highest BCUT2D eigenvalue weighted by molar-refractivity contribution is 8.00. The van der Waals surface area contributed by atoms with Crippen LogP contribution in [0.4, 0.5) is 0 Å². The summed E-state index contributed by atoms with van der Waals surface area (Å²) in [5.74, 6) is 1.68. The lowest BCUT2D eigenvalue weighted by molar-refractivity contribution is -0.128. The Labute approximate surface area is 137 Å². The summed E-state index contributed by atoms with van der Waals surface area (Å²) in [5, 5.41) is 0.149. The summed E-state index contributed by atoms with van der Waals surface area (Å²) < 4.78 is 5.18. The molecule has 118 valence electrons. The lowest BCUT2D eigenvalue weighted by Crippen LogP contribution is -2.31. The van der Waals surface area contributed by atoms with Crippen molar-refractivity contribution in [2.45, 2.75) is 11.8 Å². The van der Waals surface area contributed by atoms with Crippen LogP contribution >= 0.6 is 24.2 Å². The second-order valence-electron chi connectivity index (χ2n) is 5.18. The van der Waals surface area contributed by atoms with E-state index in [0.29, 0.717) is 5.75 Å². The van der Waals surface area contributed by atoms with E-state index in [9.17, 15) is 4.79 Å². The third-order valence-electron chi connectivity index (χ3n) is 3.37. The zero-order chi connectivity index (χ0) is 14.5. The number of hydrogen-bond donors (Lipinski definition) is 0. The largest absolute Gasteiger partial charge is 0.497 e. The van der Waals surface area contributed by atoms with E-state index in [2.05, 4.69) is 19.0 Å². The molecule has 1 saturated heterocycles. The summed E-state index contributed by atoms with van der Waals surface area (Å²) in [6.07, 6.45) is 1.01. The number of carbonyl (C=O) groups excluding carboxylic acids is 1. The van der Waals surface area contributed by atoms with Crippen LogP contribution in [-0.4, -0.2) is 55.8 Å². The highest BCUT2D eigenvalue weighted by Gasteiger charge is 2.32. The van der Waals surface area contributed by atoms with Crippen molar-refractivity contribution in [3.8, 4) is 5.75 Å². The van der Waals surface area contributed by atoms with Crippen LogP contribution in [-0.2, 0) is 4.79 Å². The molecule has 1 fully saturated rings. The zero-order valence-corrected chi connectivity index (χ0v) is 14.4. The van der Waals surface area contributed by atoms with E-state index in [1.807, 2.05) is 29.2 Å². The van der Waals surface area contributed by atoms with Crippen LogP contribution in [0.1, 0.15) is 17.4 Å². The van der Waals surface area contributed by atoms with Gasteiger partial charge in [0.25, 0.3) is 0 Å². The predicted octanol–water partition coefficient (Wildman–Crippen LogP) is 2.64. The fraction of sp³-hybridized carbons (Fsp3) is 0.533. The molecule has 1 atom stereocenters. The third-order valence-corrected chi connectivity index (χ3v) is 4.63. The molecule has 0 radical (unpaired) electrons. The summed E-state index contributed by atoms with van der Waals surface area (Å²) in [6.45, 7) is 1.82. The van der Waals surface area contributed by atoms with Crippen molar-refractivity contribution in [3.63, 3.8) is 0 Å². The molecule has 2 rings (SSSR count). The van der Waals surface area contributed by atoms with Gasteiger partial charge in [0.05, 0.1) is 12.9 Å². The van der Waals surface area contributed by atoms with Crippen LogP contribution in [0.15, 0.2) is 24.3 Å². The normalized spacial score (nSPS) is 18.0. The minimum atomic E-state index is 0. The first-order valence-corrected chi connectivity index (χ1v) is 7.86. The fourth-order valence-corrected chi connectivity index (χ4v) is 3.52. The number of thioether (sulfide) groups is 1. The smallest absolute Gasteiger partial charge is 0.233 e. The molecule has 1 unspecified atom stereocenters. The van der Waals surface area contributed by atoms with E-state index in [1.165, 1.54) is 5.56 Å². The quantitative estimate of drug-likeness (QED) is 0.802. The van der Waals surface area contributed by atoms with E-state index in [1.54, 1.807) is 18.9 Å². The molecule has 0 saturated carbocycles. The van der Waals surface area contributed by atoms with Crippen LogP contribution in [0.3, 0.4) is 0 Å². The highest BCUT2D eigenvalue weighted by atomic mass is 35.5. The number of amides is 1. The van der Waals surface area contributed by atoms with Crippen LogP contribution in [0.25, 0.3) is 0 Å². The molecule has 21 heavy (non-hydrogen) atoms. The second kappa shape index (κ2) is 8.51. The van der Waals surface area contributed by atoms with Crippen LogP contribution < -0.4 is 4.74 Å². The Morgan fingerprint density at radius 3 is 2.57 bits per heavy atom. The average molecular weight is 331 g/mol. The molecule has 1 amide bonds. The molecule has 1 aliphatic heterocycles. The van der Waals surface area contributed by atoms with Crippen LogP contribution in [0.2, 0.25) is 0 Å². The SMILES string of the molecule is COc1ccc(C2SCC(=O)N2CCCN(C)C)cc1.Cl. The molecular formula is C15H23ClN2O2S. The molecule has 1 heterocycles. The van der Waals surface area contributed by atoms with Crippen molar-refractivity contribution in [2.75, 3.05) is 40.0 Å². The summed E-state index contributed by atoms with van der Waals surface area (Å²) in [7, 11) is 5.78. The molecule has 6 heteroatoms. The monoisotopic (exact) mass is 330 g/mol. The van der Waals surface area contributed by atoms with Gasteiger partial charge in [-0.2, -0.15) is 0 Å². The number of benzene rings is 1. The summed E-state index contributed by atoms with van der Waals surface area (Å²) in [6, 6.07) is 8.01. The minimum absolute atomic E-state index is 0. The Hall–Kier alpha value is -0.910. The number of rotatable bonds is 6. The van der Waals surface area contributed by atoms with Crippen molar-refractivity contribution < 1.29 is 9.53 Å². The Balaban J connectivity index is 0.00000220. The second-order valence-corrected chi connectivity index (χ2v) is 6.25. The molecule has 0 aliphatic carbocycles. The van der Waals surface area contributed by atoms with Crippen molar-refractivity contribution in [2.24, 2.45) is 0 Å². The van der Waals surface area contributed by atoms with Gasteiger partial charge in [-0.1, -0.05) is 12.1 Å². The van der Waals surface area contributed by atoms with E-state index in [-0.39, 0.29) is 23.7 Å². The molecule has 1 aliphatic rings. The lowest BCUT2D eigenvalue weighted by Gasteiger charge is -2.25. The predicted molar refractivity (Wildman–Crippen MR) is 90.3 cm³/mol. The van der Waals surface area contributed by atoms with Crippen LogP contribution in [0.5, 0.6) is 5.75 Å². The maximum absolute atomic E-state index is 12.0. The molecule has 1 aromatic rings. The topological polar surface area (TPSA) is 32.8 Å². The van der Waals surface area contributed by atoms with Crippen molar-refractivity contribution >= 4 is 30.1 Å². The number of nitrogens with zero attached hydrogens (tertiary/aromatic N) is 2. The Bertz CT molecular complexity index is 453. The first-order chi connectivity index (χ1) is 9.61. The van der Waals surface area contributed by atoms with Crippen molar-refractivity contribution in [1.29, 1.82) is 0 Å². The minimum Gasteiger partial charge on any atom is -0.497 e. The van der Waals surface area contributed by atoms with E-state index in [4.69, 9.17) is 4.74 Å². The van der Waals surface area contributed by atoms with E-state index in [0.717, 1.165) is 25.3 Å². The number of hydrogen-bond acceptors (Lipinski definition) is 4. The molecule has 4 nitrogen and oxygen atoms in total. The highest BCUT2D eigenvalue weighted by Crippen LogP contribution is 2.38. The molecular weight excluding hydrogens is 308 g/mol. The first-order valence-electron chi connectivity index (χ1n) is 6.81. The number of methoxy groups -OCH3 is 1. The zero-order valence-electron chi connectivity index (χ0n) is 12.7. The van der Waals surface area contributed by atoms with E-state index >= 15 is 0 Å². The van der Waals surface area contributed by atoms with Gasteiger partial charge in [0.1, 0.15) is 11.1 Å². The number of carbonyl (C=O) groups is 1. The van der Waals surface area contributed by atoms with Gasteiger partial charge in [0.15, 0.2) is 0 Å². The maximum atomic E-state index is 12.0. The van der Waals surface area contributed by atoms with Crippen LogP contribution in [0, 0.1) is 0 Å². The van der Waals surface area contributed by atoms with Gasteiger partial charge in [-0.05, 0) is 44.8 Å². The Morgan fingerprint density at radius 1 is 1.33 bits per heavy atom. The van der Waals surface area contributed by atoms with Gasteiger partial charge in [-0.3, -0.25) is 4.79 Å². The maximum Gasteiger partial charge on any atom is 0.233 e. The molecule has 0 spiro atoms. The van der Waals surface area contributed by atoms with Gasteiger partial charge < -0.3 is 14.5 Å². The first kappa shape index (κ1) is 18.1. The van der Waals surface area contributed by atoms with Gasteiger partial charge in [-0.25, -0.2) is 0 Å². The standard InChI is InChI=1S/C15H22N2O2S.ClH/c1-16(2)9-4-10-17-14(18)11-20-15(17)12-5-7-13(19-3)8-6-12;/h5-8,15H,4,9-11H2,1-3H3;1H. The van der Waals surface area contributed by atoms with E-state index < -0.39 is 0 Å². The summed E-state index contributed by atoms with van der Waals surface area (Å²) >= 11 is 1.71. The van der Waals surface area contributed by atoms with Gasteiger partial charge in [0.2, 0.25) is 5.91 Å². The molecule has 0 aromatic heterocycles. The average Bonchev–Trinajstić information content (AvgIpc) is 2.80. The van der Waals surface area contributed by atoms with Crippen molar-refractivity contribution in [3.05, 3.63) is 29.8 Å². The Morgan fingerprint density at radius 2 is 2.00 bits per heavy atom. The van der Waals surface area contributed by atoms with Crippen molar-refractivity contribution in [1.82, 2.24) is 9.80 Å². The summed E-state index contributed by atoms with van der Waals surface area (Å²) in [4.78, 5) is 16.2. The van der Waals surface area contributed by atoms with Gasteiger partial charge >= 0.3 is 0 Å². The number of halogens is 1. The third kappa shape index (κ3) is 4.80. The summed E-state index contributed by atoms with van der Waals surface area (Å²) in [5.41, 5.74) is 1.17. The van der Waals surface area contributed by atoms with Gasteiger partial charge in [0, 0.05) is 6.54 Å². The molecule has 1 aromatic carbocycles. The lowest BCUT2D eigenvalue weighted by atomic mass is 10.2. The Kier molecular flexibility index (Phi) is 7.35. The fourth-order valence-electron chi connectivity index (χ4n) is 2.30.